The number of carbonyl (C=O) groups is 1. The third kappa shape index (κ3) is 5.33. The Labute approximate surface area is 108 Å². The number of hydrogen-bond acceptors (Lipinski definition) is 4. The van der Waals surface area contributed by atoms with Crippen LogP contribution < -0.4 is 10.6 Å². The topological polar surface area (TPSA) is 74.5 Å². The smallest absolute Gasteiger partial charge is 0.237 e. The summed E-state index contributed by atoms with van der Waals surface area (Å²) in [6.07, 6.45) is 1.83. The number of carbonyl (C=O) groups excluding carboxylic acids is 1. The van der Waals surface area contributed by atoms with Crippen molar-refractivity contribution in [2.75, 3.05) is 0 Å². The van der Waals surface area contributed by atoms with Gasteiger partial charge in [0, 0.05) is 6.04 Å². The molecule has 0 bridgehead atoms. The summed E-state index contributed by atoms with van der Waals surface area (Å²) < 4.78 is 5.13. The van der Waals surface area contributed by atoms with Gasteiger partial charge in [-0.25, -0.2) is 0 Å². The third-order valence-corrected chi connectivity index (χ3v) is 2.64. The Balaban J connectivity index is 2.28. The number of nitrogens with one attached hydrogen (secondary N) is 2. The van der Waals surface area contributed by atoms with Gasteiger partial charge in [-0.15, -0.1) is 0 Å². The highest BCUT2D eigenvalue weighted by Gasteiger charge is 2.16. The molecule has 18 heavy (non-hydrogen) atoms. The minimum atomic E-state index is -0.370. The Morgan fingerprint density at radius 1 is 1.44 bits per heavy atom. The molecule has 5 nitrogen and oxygen atoms in total. The molecule has 0 saturated carbocycles. The van der Waals surface area contributed by atoms with Gasteiger partial charge in [-0.2, -0.15) is 0 Å². The zero-order valence-corrected chi connectivity index (χ0v) is 11.1. The van der Waals surface area contributed by atoms with E-state index in [9.17, 15) is 9.90 Å². The van der Waals surface area contributed by atoms with E-state index >= 15 is 0 Å². The zero-order valence-electron chi connectivity index (χ0n) is 11.1. The lowest BCUT2D eigenvalue weighted by Crippen LogP contribution is -2.46. The fourth-order valence-corrected chi connectivity index (χ4v) is 1.82. The number of rotatable bonds is 7. The van der Waals surface area contributed by atoms with Crippen LogP contribution in [0.5, 0.6) is 0 Å². The molecule has 0 aliphatic heterocycles. The van der Waals surface area contributed by atoms with E-state index in [2.05, 4.69) is 10.6 Å². The SMILES string of the molecule is CC(O)CC(C)NC(C)C(=O)NCc1ccco1. The molecule has 0 aromatic carbocycles. The second-order valence-corrected chi connectivity index (χ2v) is 4.67. The average Bonchev–Trinajstić information content (AvgIpc) is 2.77. The molecule has 1 heterocycles. The lowest BCUT2D eigenvalue weighted by Gasteiger charge is -2.20. The molecule has 0 fully saturated rings. The monoisotopic (exact) mass is 254 g/mol. The van der Waals surface area contributed by atoms with E-state index in [0.717, 1.165) is 5.76 Å². The van der Waals surface area contributed by atoms with Crippen LogP contribution in [-0.2, 0) is 11.3 Å². The van der Waals surface area contributed by atoms with Crippen molar-refractivity contribution in [1.82, 2.24) is 10.6 Å². The first-order chi connectivity index (χ1) is 8.49. The van der Waals surface area contributed by atoms with Gasteiger partial charge in [0.2, 0.25) is 5.91 Å². The highest BCUT2D eigenvalue weighted by atomic mass is 16.3. The summed E-state index contributed by atoms with van der Waals surface area (Å²) in [6.45, 7) is 5.88. The summed E-state index contributed by atoms with van der Waals surface area (Å²) in [7, 11) is 0. The van der Waals surface area contributed by atoms with Gasteiger partial charge >= 0.3 is 0 Å². The van der Waals surface area contributed by atoms with Crippen LogP contribution in [0.2, 0.25) is 0 Å². The van der Waals surface area contributed by atoms with Crippen LogP contribution in [0.3, 0.4) is 0 Å². The van der Waals surface area contributed by atoms with Gasteiger partial charge in [0.05, 0.1) is 25.0 Å². The van der Waals surface area contributed by atoms with Crippen LogP contribution in [0, 0.1) is 0 Å². The molecule has 5 heteroatoms. The van der Waals surface area contributed by atoms with Crippen molar-refractivity contribution in [2.24, 2.45) is 0 Å². The van der Waals surface area contributed by atoms with Crippen molar-refractivity contribution in [1.29, 1.82) is 0 Å². The number of amides is 1. The minimum absolute atomic E-state index is 0.0798. The van der Waals surface area contributed by atoms with Crippen LogP contribution in [0.4, 0.5) is 0 Å². The summed E-state index contributed by atoms with van der Waals surface area (Å²) in [6, 6.07) is 3.39. The highest BCUT2D eigenvalue weighted by Crippen LogP contribution is 2.00. The van der Waals surface area contributed by atoms with E-state index in [1.807, 2.05) is 13.0 Å². The summed E-state index contributed by atoms with van der Waals surface area (Å²) in [5, 5.41) is 15.2. The molecule has 1 aromatic rings. The summed E-state index contributed by atoms with van der Waals surface area (Å²) in [4.78, 5) is 11.8. The van der Waals surface area contributed by atoms with E-state index < -0.39 is 0 Å². The van der Waals surface area contributed by atoms with Crippen molar-refractivity contribution >= 4 is 5.91 Å². The number of furan rings is 1. The first kappa shape index (κ1) is 14.7. The lowest BCUT2D eigenvalue weighted by atomic mass is 10.1. The van der Waals surface area contributed by atoms with Gasteiger partial charge in [-0.3, -0.25) is 4.79 Å². The fraction of sp³-hybridized carbons (Fsp3) is 0.615. The van der Waals surface area contributed by atoms with Crippen LogP contribution in [0.1, 0.15) is 33.0 Å². The zero-order chi connectivity index (χ0) is 13.5. The quantitative estimate of drug-likeness (QED) is 0.679. The van der Waals surface area contributed by atoms with Gasteiger partial charge in [0.25, 0.3) is 0 Å². The molecule has 3 atom stereocenters. The number of aliphatic hydroxyl groups is 1. The molecule has 0 aliphatic carbocycles. The van der Waals surface area contributed by atoms with Crippen molar-refractivity contribution in [3.8, 4) is 0 Å². The minimum Gasteiger partial charge on any atom is -0.467 e. The molecule has 3 unspecified atom stereocenters. The predicted molar refractivity (Wildman–Crippen MR) is 68.9 cm³/mol. The van der Waals surface area contributed by atoms with Crippen molar-refractivity contribution in [3.05, 3.63) is 24.2 Å². The van der Waals surface area contributed by atoms with E-state index in [0.29, 0.717) is 13.0 Å². The molecule has 1 aromatic heterocycles. The molecule has 1 amide bonds. The van der Waals surface area contributed by atoms with Gasteiger partial charge < -0.3 is 20.2 Å². The molecule has 1 rings (SSSR count). The van der Waals surface area contributed by atoms with Gasteiger partial charge in [-0.05, 0) is 39.3 Å². The molecular formula is C13H22N2O3. The molecule has 0 radical (unpaired) electrons. The fourth-order valence-electron chi connectivity index (χ4n) is 1.82. The second kappa shape index (κ2) is 7.18. The maximum atomic E-state index is 11.8. The number of hydrogen-bond donors (Lipinski definition) is 3. The molecule has 0 saturated heterocycles. The summed E-state index contributed by atoms with van der Waals surface area (Å²) >= 11 is 0. The Kier molecular flexibility index (Phi) is 5.88. The average molecular weight is 254 g/mol. The Hall–Kier alpha value is -1.33. The summed E-state index contributed by atoms with van der Waals surface area (Å²) in [5.74, 6) is 0.649. The second-order valence-electron chi connectivity index (χ2n) is 4.67. The van der Waals surface area contributed by atoms with E-state index in [1.54, 1.807) is 26.2 Å². The largest absolute Gasteiger partial charge is 0.467 e. The van der Waals surface area contributed by atoms with Crippen LogP contribution in [0.25, 0.3) is 0 Å². The van der Waals surface area contributed by atoms with Gasteiger partial charge in [-0.1, -0.05) is 0 Å². The molecule has 0 spiro atoms. The van der Waals surface area contributed by atoms with Crippen LogP contribution >= 0.6 is 0 Å². The molecule has 102 valence electrons. The normalized spacial score (nSPS) is 16.0. The van der Waals surface area contributed by atoms with Crippen LogP contribution in [-0.4, -0.2) is 29.2 Å². The first-order valence-corrected chi connectivity index (χ1v) is 6.23. The summed E-state index contributed by atoms with van der Waals surface area (Å²) in [5.41, 5.74) is 0. The number of aliphatic hydroxyl groups excluding tert-OH is 1. The van der Waals surface area contributed by atoms with E-state index in [4.69, 9.17) is 4.42 Å². The standard InChI is InChI=1S/C13H22N2O3/c1-9(7-10(2)16)15-11(3)13(17)14-8-12-5-4-6-18-12/h4-6,9-11,15-16H,7-8H2,1-3H3,(H,14,17). The Morgan fingerprint density at radius 3 is 2.72 bits per heavy atom. The lowest BCUT2D eigenvalue weighted by molar-refractivity contribution is -0.123. The van der Waals surface area contributed by atoms with Crippen LogP contribution in [0.15, 0.2) is 22.8 Å². The predicted octanol–water partition coefficient (Wildman–Crippen LogP) is 1.03. The molecular weight excluding hydrogens is 232 g/mol. The van der Waals surface area contributed by atoms with Gasteiger partial charge in [0.15, 0.2) is 0 Å². The maximum Gasteiger partial charge on any atom is 0.237 e. The van der Waals surface area contributed by atoms with E-state index in [-0.39, 0.29) is 24.1 Å². The third-order valence-electron chi connectivity index (χ3n) is 2.64. The van der Waals surface area contributed by atoms with Gasteiger partial charge in [0.1, 0.15) is 5.76 Å². The van der Waals surface area contributed by atoms with Crippen molar-refractivity contribution in [2.45, 2.75) is 51.9 Å². The molecule has 0 aliphatic rings. The highest BCUT2D eigenvalue weighted by molar-refractivity contribution is 5.81. The Morgan fingerprint density at radius 2 is 2.17 bits per heavy atom. The Bertz CT molecular complexity index is 349. The van der Waals surface area contributed by atoms with Crippen molar-refractivity contribution in [3.63, 3.8) is 0 Å². The van der Waals surface area contributed by atoms with E-state index in [1.165, 1.54) is 0 Å². The van der Waals surface area contributed by atoms with Crippen molar-refractivity contribution < 1.29 is 14.3 Å². The molecule has 3 N–H and O–H groups in total. The maximum absolute atomic E-state index is 11.8. The first-order valence-electron chi connectivity index (χ1n) is 6.23.